The predicted octanol–water partition coefficient (Wildman–Crippen LogP) is 17.2. The van der Waals surface area contributed by atoms with Crippen LogP contribution in [0.15, 0.2) is 223 Å². The second-order valence-corrected chi connectivity index (χ2v) is 16.3. The van der Waals surface area contributed by atoms with Crippen LogP contribution in [0.2, 0.25) is 0 Å². The van der Waals surface area contributed by atoms with Gasteiger partial charge in [-0.15, -0.1) is 0 Å². The molecular weight excluding hydrogens is 737 g/mol. The monoisotopic (exact) mass is 772 g/mol. The van der Waals surface area contributed by atoms with E-state index in [0.717, 1.165) is 16.6 Å². The predicted molar refractivity (Wildman–Crippen MR) is 260 cm³/mol. The first-order chi connectivity index (χ1) is 30.2. The third-order valence-electron chi connectivity index (χ3n) is 13.0. The molecule has 282 valence electrons. The summed E-state index contributed by atoms with van der Waals surface area (Å²) in [5.74, 6) is 0. The maximum atomic E-state index is 6.63. The van der Waals surface area contributed by atoms with Crippen LogP contribution < -0.4 is 0 Å². The Bertz CT molecular complexity index is 3800. The van der Waals surface area contributed by atoms with Crippen molar-refractivity contribution in [3.63, 3.8) is 0 Å². The van der Waals surface area contributed by atoms with E-state index >= 15 is 0 Å². The van der Waals surface area contributed by atoms with Crippen molar-refractivity contribution in [1.29, 1.82) is 0 Å². The van der Waals surface area contributed by atoms with Gasteiger partial charge in [0.25, 0.3) is 0 Å². The number of hydrogen-bond acceptors (Lipinski definition) is 1. The molecule has 1 aromatic heterocycles. The molecule has 0 radical (unpaired) electrons. The summed E-state index contributed by atoms with van der Waals surface area (Å²) in [6, 6.07) is 80.2. The van der Waals surface area contributed by atoms with Crippen LogP contribution in [-0.2, 0) is 0 Å². The van der Waals surface area contributed by atoms with Crippen molar-refractivity contribution in [2.24, 2.45) is 0 Å². The minimum atomic E-state index is 0.916. The van der Waals surface area contributed by atoms with E-state index in [-0.39, 0.29) is 0 Å². The second kappa shape index (κ2) is 13.3. The van der Waals surface area contributed by atoms with Gasteiger partial charge >= 0.3 is 0 Å². The van der Waals surface area contributed by atoms with E-state index in [1.54, 1.807) is 0 Å². The van der Waals surface area contributed by atoms with E-state index < -0.39 is 0 Å². The first-order valence-electron chi connectivity index (χ1n) is 21.1. The van der Waals surface area contributed by atoms with Gasteiger partial charge in [-0.25, -0.2) is 0 Å². The van der Waals surface area contributed by atoms with Crippen molar-refractivity contribution in [2.75, 3.05) is 0 Å². The van der Waals surface area contributed by atoms with Gasteiger partial charge in [-0.3, -0.25) is 0 Å². The van der Waals surface area contributed by atoms with Crippen LogP contribution in [0.3, 0.4) is 0 Å². The molecule has 0 bridgehead atoms. The summed E-state index contributed by atoms with van der Waals surface area (Å²) in [6.45, 7) is 0. The van der Waals surface area contributed by atoms with Gasteiger partial charge in [-0.1, -0.05) is 176 Å². The fraction of sp³-hybridized carbons (Fsp3) is 0. The quantitative estimate of drug-likeness (QED) is 0.128. The number of furan rings is 1. The lowest BCUT2D eigenvalue weighted by Gasteiger charge is -2.20. The average Bonchev–Trinajstić information content (AvgIpc) is 3.71. The molecule has 13 aromatic rings. The van der Waals surface area contributed by atoms with Crippen molar-refractivity contribution >= 4 is 86.6 Å². The summed E-state index contributed by atoms with van der Waals surface area (Å²) in [5, 5.41) is 17.1. The second-order valence-electron chi connectivity index (χ2n) is 16.3. The zero-order valence-electron chi connectivity index (χ0n) is 33.2. The molecule has 0 N–H and O–H groups in total. The van der Waals surface area contributed by atoms with Crippen LogP contribution >= 0.6 is 0 Å². The SMILES string of the molecule is c1ccc(-c2cc(-c3ccccc3)cc(-c3c4ccccc4c(-c4ccc5c(c4)c4ccccc4c4cc6c(cc54)oc4ccc5ccccc5c46)c4ccccc34)c2)cc1. The first kappa shape index (κ1) is 33.9. The Morgan fingerprint density at radius 2 is 0.672 bits per heavy atom. The van der Waals surface area contributed by atoms with Crippen molar-refractivity contribution in [3.05, 3.63) is 218 Å². The summed E-state index contributed by atoms with van der Waals surface area (Å²) >= 11 is 0. The van der Waals surface area contributed by atoms with Crippen molar-refractivity contribution in [2.45, 2.75) is 0 Å². The van der Waals surface area contributed by atoms with Crippen LogP contribution in [-0.4, -0.2) is 0 Å². The lowest BCUT2D eigenvalue weighted by atomic mass is 9.83. The highest BCUT2D eigenvalue weighted by molar-refractivity contribution is 6.31. The molecule has 0 saturated heterocycles. The molecule has 1 heteroatoms. The summed E-state index contributed by atoms with van der Waals surface area (Å²) in [7, 11) is 0. The topological polar surface area (TPSA) is 13.1 Å². The maximum absolute atomic E-state index is 6.63. The minimum Gasteiger partial charge on any atom is -0.456 e. The molecule has 1 nitrogen and oxygen atoms in total. The fourth-order valence-corrected chi connectivity index (χ4v) is 10.3. The summed E-state index contributed by atoms with van der Waals surface area (Å²) in [5.41, 5.74) is 11.6. The van der Waals surface area contributed by atoms with E-state index in [9.17, 15) is 0 Å². The summed E-state index contributed by atoms with van der Waals surface area (Å²) < 4.78 is 6.63. The Kier molecular flexibility index (Phi) is 7.37. The standard InChI is InChI=1S/C60H36O/c1-3-15-37(16-4-1)41-31-42(38-17-5-2-6-18-38)33-43(32-41)59-50-25-13-11-23-48(50)58(49-24-12-14-26-51(49)59)40-27-29-47-52(34-40)45-21-9-10-22-46(45)53-35-55-57(36-54(47)53)61-56-30-28-39-19-7-8-20-44(39)60(55)56/h1-36H. The molecule has 0 atom stereocenters. The summed E-state index contributed by atoms with van der Waals surface area (Å²) in [6.07, 6.45) is 0. The van der Waals surface area contributed by atoms with E-state index in [1.165, 1.54) is 115 Å². The van der Waals surface area contributed by atoms with Crippen LogP contribution in [0, 0.1) is 0 Å². The van der Waals surface area contributed by atoms with Crippen LogP contribution in [0.1, 0.15) is 0 Å². The van der Waals surface area contributed by atoms with E-state index in [4.69, 9.17) is 4.42 Å². The Hall–Kier alpha value is -8.00. The highest BCUT2D eigenvalue weighted by Crippen LogP contribution is 2.47. The molecule has 0 aliphatic rings. The Morgan fingerprint density at radius 3 is 1.28 bits per heavy atom. The lowest BCUT2D eigenvalue weighted by molar-refractivity contribution is 0.670. The van der Waals surface area contributed by atoms with Crippen LogP contribution in [0.4, 0.5) is 0 Å². The van der Waals surface area contributed by atoms with Crippen LogP contribution in [0.5, 0.6) is 0 Å². The number of rotatable bonds is 4. The first-order valence-corrected chi connectivity index (χ1v) is 21.1. The number of hydrogen-bond donors (Lipinski definition) is 0. The molecule has 12 aromatic carbocycles. The van der Waals surface area contributed by atoms with Gasteiger partial charge in [0.2, 0.25) is 0 Å². The zero-order valence-corrected chi connectivity index (χ0v) is 33.2. The molecule has 0 saturated carbocycles. The molecule has 0 amide bonds. The Morgan fingerprint density at radius 1 is 0.213 bits per heavy atom. The molecule has 0 aliphatic carbocycles. The molecule has 1 heterocycles. The van der Waals surface area contributed by atoms with Crippen molar-refractivity contribution < 1.29 is 4.42 Å². The van der Waals surface area contributed by atoms with Gasteiger partial charge in [-0.05, 0) is 152 Å². The molecule has 61 heavy (non-hydrogen) atoms. The number of benzene rings is 12. The van der Waals surface area contributed by atoms with Crippen molar-refractivity contribution in [1.82, 2.24) is 0 Å². The highest BCUT2D eigenvalue weighted by Gasteiger charge is 2.20. The van der Waals surface area contributed by atoms with Crippen molar-refractivity contribution in [3.8, 4) is 44.5 Å². The third kappa shape index (κ3) is 5.21. The van der Waals surface area contributed by atoms with Gasteiger partial charge in [0, 0.05) is 10.8 Å². The highest BCUT2D eigenvalue weighted by atomic mass is 16.3. The lowest BCUT2D eigenvalue weighted by Crippen LogP contribution is -1.92. The van der Waals surface area contributed by atoms with Gasteiger partial charge in [0.15, 0.2) is 0 Å². The molecule has 0 fully saturated rings. The smallest absolute Gasteiger partial charge is 0.136 e. The largest absolute Gasteiger partial charge is 0.456 e. The maximum Gasteiger partial charge on any atom is 0.136 e. The van der Waals surface area contributed by atoms with E-state index in [1.807, 2.05) is 0 Å². The zero-order chi connectivity index (χ0) is 40.0. The van der Waals surface area contributed by atoms with Gasteiger partial charge in [0.05, 0.1) is 0 Å². The Labute approximate surface area is 352 Å². The molecule has 0 spiro atoms. The fourth-order valence-electron chi connectivity index (χ4n) is 10.3. The molecule has 13 rings (SSSR count). The van der Waals surface area contributed by atoms with Gasteiger partial charge in [0.1, 0.15) is 11.2 Å². The van der Waals surface area contributed by atoms with E-state index in [0.29, 0.717) is 0 Å². The average molecular weight is 773 g/mol. The Balaban J connectivity index is 1.08. The van der Waals surface area contributed by atoms with Gasteiger partial charge in [-0.2, -0.15) is 0 Å². The molecule has 0 aliphatic heterocycles. The van der Waals surface area contributed by atoms with Crippen LogP contribution in [0.25, 0.3) is 131 Å². The molecule has 0 unspecified atom stereocenters. The number of fused-ring (bicyclic) bond motifs is 13. The third-order valence-corrected chi connectivity index (χ3v) is 13.0. The normalized spacial score (nSPS) is 11.9. The molecular formula is C60H36O. The van der Waals surface area contributed by atoms with Gasteiger partial charge < -0.3 is 4.42 Å². The summed E-state index contributed by atoms with van der Waals surface area (Å²) in [4.78, 5) is 0. The van der Waals surface area contributed by atoms with E-state index in [2.05, 4.69) is 218 Å². The minimum absolute atomic E-state index is 0.916.